The van der Waals surface area contributed by atoms with Crippen molar-refractivity contribution in [2.24, 2.45) is 0 Å². The SMILES string of the molecule is CCOC(=O)CSC1Sc2ccccc2N1CC(=O)OCC. The lowest BCUT2D eigenvalue weighted by atomic mass is 10.3. The smallest absolute Gasteiger partial charge is 0.325 e. The van der Waals surface area contributed by atoms with Crippen LogP contribution in [0.1, 0.15) is 13.8 Å². The summed E-state index contributed by atoms with van der Waals surface area (Å²) >= 11 is 3.10. The van der Waals surface area contributed by atoms with Gasteiger partial charge >= 0.3 is 11.9 Å². The number of anilines is 1. The van der Waals surface area contributed by atoms with Crippen molar-refractivity contribution < 1.29 is 19.1 Å². The molecule has 1 aliphatic rings. The van der Waals surface area contributed by atoms with Crippen molar-refractivity contribution >= 4 is 41.1 Å². The van der Waals surface area contributed by atoms with Crippen LogP contribution in [0.4, 0.5) is 5.69 Å². The maximum Gasteiger partial charge on any atom is 0.325 e. The van der Waals surface area contributed by atoms with Crippen LogP contribution in [0.3, 0.4) is 0 Å². The number of carbonyl (C=O) groups is 2. The Labute approximate surface area is 138 Å². The zero-order valence-corrected chi connectivity index (χ0v) is 14.2. The van der Waals surface area contributed by atoms with Crippen molar-refractivity contribution in [3.63, 3.8) is 0 Å². The molecule has 0 saturated carbocycles. The van der Waals surface area contributed by atoms with Crippen molar-refractivity contribution in [2.45, 2.75) is 23.4 Å². The maximum absolute atomic E-state index is 11.8. The molecule has 120 valence electrons. The molecule has 1 aliphatic heterocycles. The van der Waals surface area contributed by atoms with Crippen molar-refractivity contribution in [3.05, 3.63) is 24.3 Å². The zero-order chi connectivity index (χ0) is 15.9. The fourth-order valence-electron chi connectivity index (χ4n) is 2.05. The van der Waals surface area contributed by atoms with Crippen molar-refractivity contribution in [1.82, 2.24) is 0 Å². The van der Waals surface area contributed by atoms with Gasteiger partial charge in [-0.05, 0) is 26.0 Å². The van der Waals surface area contributed by atoms with Crippen LogP contribution in [0.15, 0.2) is 29.2 Å². The van der Waals surface area contributed by atoms with E-state index in [9.17, 15) is 9.59 Å². The second-order valence-electron chi connectivity index (χ2n) is 4.44. The predicted octanol–water partition coefficient (Wildman–Crippen LogP) is 2.74. The minimum absolute atomic E-state index is 0.0359. The summed E-state index contributed by atoms with van der Waals surface area (Å²) in [6.45, 7) is 4.50. The molecule has 5 nitrogen and oxygen atoms in total. The van der Waals surface area contributed by atoms with E-state index in [0.29, 0.717) is 13.2 Å². The summed E-state index contributed by atoms with van der Waals surface area (Å²) in [5.74, 6) is -0.236. The summed E-state index contributed by atoms with van der Waals surface area (Å²) in [7, 11) is 0. The largest absolute Gasteiger partial charge is 0.465 e. The third kappa shape index (κ3) is 4.33. The Morgan fingerprint density at radius 2 is 1.86 bits per heavy atom. The van der Waals surface area contributed by atoms with Crippen LogP contribution in [0, 0.1) is 0 Å². The van der Waals surface area contributed by atoms with Gasteiger partial charge < -0.3 is 14.4 Å². The van der Waals surface area contributed by atoms with Crippen LogP contribution in [0.5, 0.6) is 0 Å². The predicted molar refractivity (Wildman–Crippen MR) is 89.2 cm³/mol. The van der Waals surface area contributed by atoms with Gasteiger partial charge in [0.25, 0.3) is 0 Å². The molecule has 0 spiro atoms. The molecular weight excluding hydrogens is 322 g/mol. The molecule has 0 aromatic heterocycles. The summed E-state index contributed by atoms with van der Waals surface area (Å²) in [5.41, 5.74) is 1.00. The highest BCUT2D eigenvalue weighted by Crippen LogP contribution is 2.47. The minimum atomic E-state index is -0.262. The van der Waals surface area contributed by atoms with Crippen LogP contribution < -0.4 is 4.90 Å². The van der Waals surface area contributed by atoms with E-state index in [2.05, 4.69) is 0 Å². The normalized spacial score (nSPS) is 16.3. The number of thioether (sulfide) groups is 2. The average molecular weight is 341 g/mol. The van der Waals surface area contributed by atoms with Gasteiger partial charge in [-0.3, -0.25) is 9.59 Å². The first kappa shape index (κ1) is 17.0. The number of hydrogen-bond donors (Lipinski definition) is 0. The standard InChI is InChI=1S/C15H19NO4S2/c1-3-19-13(17)9-16-11-7-5-6-8-12(11)22-15(16)21-10-14(18)20-4-2/h5-8,15H,3-4,9-10H2,1-2H3. The Morgan fingerprint density at radius 1 is 1.18 bits per heavy atom. The van der Waals surface area contributed by atoms with Crippen LogP contribution in [0.2, 0.25) is 0 Å². The summed E-state index contributed by atoms with van der Waals surface area (Å²) < 4.78 is 9.96. The number of fused-ring (bicyclic) bond motifs is 1. The van der Waals surface area contributed by atoms with Crippen molar-refractivity contribution in [2.75, 3.05) is 30.4 Å². The molecule has 0 saturated heterocycles. The summed E-state index contributed by atoms with van der Waals surface area (Å²) in [6, 6.07) is 7.90. The number of rotatable bonds is 7. The molecule has 0 fully saturated rings. The third-order valence-electron chi connectivity index (χ3n) is 2.91. The van der Waals surface area contributed by atoms with Crippen LogP contribution in [0.25, 0.3) is 0 Å². The van der Waals surface area contributed by atoms with Gasteiger partial charge in [-0.25, -0.2) is 0 Å². The van der Waals surface area contributed by atoms with E-state index in [1.165, 1.54) is 11.8 Å². The molecule has 1 aromatic rings. The molecule has 7 heteroatoms. The van der Waals surface area contributed by atoms with Crippen LogP contribution in [-0.4, -0.2) is 42.2 Å². The molecule has 0 N–H and O–H groups in total. The Hall–Kier alpha value is -1.34. The van der Waals surface area contributed by atoms with Crippen molar-refractivity contribution in [3.8, 4) is 0 Å². The quantitative estimate of drug-likeness (QED) is 0.707. The Balaban J connectivity index is 2.05. The lowest BCUT2D eigenvalue weighted by Gasteiger charge is -2.24. The van der Waals surface area contributed by atoms with Gasteiger partial charge in [-0.2, -0.15) is 0 Å². The average Bonchev–Trinajstić information content (AvgIpc) is 2.84. The molecule has 22 heavy (non-hydrogen) atoms. The summed E-state index contributed by atoms with van der Waals surface area (Å²) in [6.07, 6.45) is 0. The highest BCUT2D eigenvalue weighted by atomic mass is 32.2. The molecule has 0 amide bonds. The second kappa shape index (κ2) is 8.33. The number of hydrogen-bond acceptors (Lipinski definition) is 7. The molecule has 1 heterocycles. The molecule has 1 unspecified atom stereocenters. The summed E-state index contributed by atoms with van der Waals surface area (Å²) in [5, 5.41) is 0. The number of para-hydroxylation sites is 1. The highest BCUT2D eigenvalue weighted by Gasteiger charge is 2.32. The number of ether oxygens (including phenoxy) is 2. The Bertz CT molecular complexity index is 538. The molecule has 0 aliphatic carbocycles. The van der Waals surface area contributed by atoms with Crippen LogP contribution >= 0.6 is 23.5 Å². The van der Waals surface area contributed by atoms with Gasteiger partial charge in [0, 0.05) is 4.90 Å². The van der Waals surface area contributed by atoms with E-state index in [1.807, 2.05) is 29.2 Å². The van der Waals surface area contributed by atoms with E-state index in [1.54, 1.807) is 25.6 Å². The van der Waals surface area contributed by atoms with Gasteiger partial charge in [-0.15, -0.1) is 11.8 Å². The topological polar surface area (TPSA) is 55.8 Å². The minimum Gasteiger partial charge on any atom is -0.465 e. The van der Waals surface area contributed by atoms with Gasteiger partial charge in [-0.1, -0.05) is 23.9 Å². The maximum atomic E-state index is 11.8. The Kier molecular flexibility index (Phi) is 6.45. The fraction of sp³-hybridized carbons (Fsp3) is 0.467. The first-order chi connectivity index (χ1) is 10.7. The van der Waals surface area contributed by atoms with Crippen LogP contribution in [-0.2, 0) is 19.1 Å². The fourth-order valence-corrected chi connectivity index (χ4v) is 4.56. The number of esters is 2. The van der Waals surface area contributed by atoms with E-state index in [0.717, 1.165) is 10.6 Å². The van der Waals surface area contributed by atoms with Gasteiger partial charge in [0.2, 0.25) is 0 Å². The molecule has 1 atom stereocenters. The first-order valence-corrected chi connectivity index (χ1v) is 9.03. The molecule has 0 bridgehead atoms. The lowest BCUT2D eigenvalue weighted by Crippen LogP contribution is -2.34. The zero-order valence-electron chi connectivity index (χ0n) is 12.6. The molecule has 1 aromatic carbocycles. The monoisotopic (exact) mass is 341 g/mol. The van der Waals surface area contributed by atoms with E-state index in [-0.39, 0.29) is 28.9 Å². The highest BCUT2D eigenvalue weighted by molar-refractivity contribution is 8.17. The van der Waals surface area contributed by atoms with E-state index in [4.69, 9.17) is 9.47 Å². The van der Waals surface area contributed by atoms with Gasteiger partial charge in [0.05, 0.1) is 24.7 Å². The van der Waals surface area contributed by atoms with Gasteiger partial charge in [0.1, 0.15) is 11.3 Å². The number of nitrogens with zero attached hydrogens (tertiary/aromatic N) is 1. The second-order valence-corrected chi connectivity index (χ2v) is 6.93. The number of benzene rings is 1. The third-order valence-corrected chi connectivity index (χ3v) is 5.61. The van der Waals surface area contributed by atoms with Crippen molar-refractivity contribution in [1.29, 1.82) is 0 Å². The summed E-state index contributed by atoms with van der Waals surface area (Å²) in [4.78, 5) is 26.4. The molecule has 0 radical (unpaired) electrons. The van der Waals surface area contributed by atoms with E-state index >= 15 is 0 Å². The van der Waals surface area contributed by atoms with E-state index < -0.39 is 0 Å². The first-order valence-electron chi connectivity index (χ1n) is 7.10. The Morgan fingerprint density at radius 3 is 2.59 bits per heavy atom. The molecule has 2 rings (SSSR count). The number of carbonyl (C=O) groups excluding carboxylic acids is 2. The lowest BCUT2D eigenvalue weighted by molar-refractivity contribution is -0.141. The van der Waals surface area contributed by atoms with Gasteiger partial charge in [0.15, 0.2) is 0 Å². The molecular formula is C15H19NO4S2.